The van der Waals surface area contributed by atoms with Crippen LogP contribution in [0.15, 0.2) is 53.3 Å². The summed E-state index contributed by atoms with van der Waals surface area (Å²) < 4.78 is 7.65. The third-order valence-electron chi connectivity index (χ3n) is 3.77. The van der Waals surface area contributed by atoms with Crippen LogP contribution in [0, 0.1) is 6.92 Å². The molecule has 0 bridgehead atoms. The molecule has 0 atom stereocenters. The lowest BCUT2D eigenvalue weighted by atomic mass is 10.3. The fourth-order valence-corrected chi connectivity index (χ4v) is 2.56. The molecule has 7 heteroatoms. The van der Waals surface area contributed by atoms with E-state index in [-0.39, 0.29) is 0 Å². The van der Waals surface area contributed by atoms with Gasteiger partial charge in [-0.2, -0.15) is 5.10 Å². The average Bonchev–Trinajstić information content (AvgIpc) is 3.22. The molecule has 4 aromatic rings. The number of imidazole rings is 1. The van der Waals surface area contributed by atoms with Crippen molar-refractivity contribution in [3.8, 4) is 11.5 Å². The molecular weight excluding hydrogens is 304 g/mol. The number of furan rings is 1. The molecule has 0 amide bonds. The number of rotatable bonds is 4. The number of pyridine rings is 1. The van der Waals surface area contributed by atoms with E-state index in [1.807, 2.05) is 66.0 Å². The predicted octanol–water partition coefficient (Wildman–Crippen LogP) is 2.72. The topological polar surface area (TPSA) is 72.4 Å². The zero-order chi connectivity index (χ0) is 16.5. The summed E-state index contributed by atoms with van der Waals surface area (Å²) in [4.78, 5) is 10.9. The van der Waals surface area contributed by atoms with Gasteiger partial charge in [0.2, 0.25) is 5.95 Å². The smallest absolute Gasteiger partial charge is 0.246 e. The molecule has 0 radical (unpaired) electrons. The average molecular weight is 320 g/mol. The van der Waals surface area contributed by atoms with Crippen molar-refractivity contribution in [1.82, 2.24) is 24.6 Å². The highest BCUT2D eigenvalue weighted by Crippen LogP contribution is 2.20. The molecule has 0 saturated carbocycles. The molecule has 0 spiro atoms. The van der Waals surface area contributed by atoms with Gasteiger partial charge in [-0.05, 0) is 31.2 Å². The summed E-state index contributed by atoms with van der Waals surface area (Å²) in [5.74, 6) is 2.06. The minimum absolute atomic E-state index is 0.535. The maximum atomic E-state index is 5.60. The lowest BCUT2D eigenvalue weighted by Gasteiger charge is -2.16. The molecular formula is C17H16N6O. The number of fused-ring (bicyclic) bond motifs is 1. The number of aromatic nitrogens is 5. The first-order chi connectivity index (χ1) is 11.7. The van der Waals surface area contributed by atoms with Gasteiger partial charge in [0.1, 0.15) is 17.1 Å². The number of nitrogens with zero attached hydrogens (tertiary/aromatic N) is 6. The van der Waals surface area contributed by atoms with Gasteiger partial charge >= 0.3 is 0 Å². The molecule has 0 aliphatic carbocycles. The van der Waals surface area contributed by atoms with Crippen molar-refractivity contribution in [2.75, 3.05) is 11.9 Å². The zero-order valence-electron chi connectivity index (χ0n) is 13.4. The minimum atomic E-state index is 0.535. The van der Waals surface area contributed by atoms with Crippen molar-refractivity contribution in [3.63, 3.8) is 0 Å². The van der Waals surface area contributed by atoms with E-state index in [1.165, 1.54) is 0 Å². The van der Waals surface area contributed by atoms with Gasteiger partial charge in [0.15, 0.2) is 5.76 Å². The Bertz CT molecular complexity index is 989. The van der Waals surface area contributed by atoms with Gasteiger partial charge in [-0.15, -0.1) is 5.10 Å². The third kappa shape index (κ3) is 2.60. The SMILES string of the molecule is Cc1ccc(-c2cnnc(N(C)Cc3cnc4ccccn34)n2)o1. The van der Waals surface area contributed by atoms with Crippen LogP contribution >= 0.6 is 0 Å². The first kappa shape index (κ1) is 14.4. The van der Waals surface area contributed by atoms with Gasteiger partial charge in [0.05, 0.1) is 24.6 Å². The highest BCUT2D eigenvalue weighted by Gasteiger charge is 2.12. The number of hydrogen-bond acceptors (Lipinski definition) is 6. The molecule has 0 unspecified atom stereocenters. The van der Waals surface area contributed by atoms with E-state index in [9.17, 15) is 0 Å². The highest BCUT2D eigenvalue weighted by atomic mass is 16.3. The summed E-state index contributed by atoms with van der Waals surface area (Å²) in [6, 6.07) is 9.71. The number of anilines is 1. The lowest BCUT2D eigenvalue weighted by molar-refractivity contribution is 0.545. The van der Waals surface area contributed by atoms with E-state index in [0.717, 1.165) is 17.1 Å². The summed E-state index contributed by atoms with van der Waals surface area (Å²) >= 11 is 0. The van der Waals surface area contributed by atoms with Crippen molar-refractivity contribution in [3.05, 3.63) is 60.4 Å². The Morgan fingerprint density at radius 1 is 1.17 bits per heavy atom. The quantitative estimate of drug-likeness (QED) is 0.576. The summed E-state index contributed by atoms with van der Waals surface area (Å²) in [7, 11) is 1.93. The Hall–Kier alpha value is -3.22. The molecule has 120 valence electrons. The van der Waals surface area contributed by atoms with Crippen LogP contribution in [0.4, 0.5) is 5.95 Å². The summed E-state index contributed by atoms with van der Waals surface area (Å²) in [6.45, 7) is 2.52. The van der Waals surface area contributed by atoms with Crippen LogP contribution in [0.3, 0.4) is 0 Å². The second-order valence-electron chi connectivity index (χ2n) is 5.59. The van der Waals surface area contributed by atoms with Crippen LogP contribution in [0.25, 0.3) is 17.1 Å². The van der Waals surface area contributed by atoms with Gasteiger partial charge in [0, 0.05) is 13.2 Å². The zero-order valence-corrected chi connectivity index (χ0v) is 13.4. The fraction of sp³-hybridized carbons (Fsp3) is 0.176. The maximum Gasteiger partial charge on any atom is 0.246 e. The first-order valence-corrected chi connectivity index (χ1v) is 7.59. The van der Waals surface area contributed by atoms with Gasteiger partial charge in [-0.1, -0.05) is 6.07 Å². The van der Waals surface area contributed by atoms with E-state index >= 15 is 0 Å². The summed E-state index contributed by atoms with van der Waals surface area (Å²) in [6.07, 6.45) is 5.45. The molecule has 0 aromatic carbocycles. The van der Waals surface area contributed by atoms with Crippen LogP contribution in [0.5, 0.6) is 0 Å². The molecule has 0 aliphatic rings. The van der Waals surface area contributed by atoms with Crippen molar-refractivity contribution < 1.29 is 4.42 Å². The maximum absolute atomic E-state index is 5.60. The molecule has 0 N–H and O–H groups in total. The van der Waals surface area contributed by atoms with E-state index in [0.29, 0.717) is 23.9 Å². The molecule has 0 saturated heterocycles. The third-order valence-corrected chi connectivity index (χ3v) is 3.77. The molecule has 4 rings (SSSR count). The Morgan fingerprint density at radius 3 is 2.92 bits per heavy atom. The molecule has 0 aliphatic heterocycles. The molecule has 4 aromatic heterocycles. The second kappa shape index (κ2) is 5.77. The molecule has 7 nitrogen and oxygen atoms in total. The van der Waals surface area contributed by atoms with Crippen LogP contribution in [-0.4, -0.2) is 31.6 Å². The minimum Gasteiger partial charge on any atom is -0.460 e. The van der Waals surface area contributed by atoms with Crippen LogP contribution in [0.2, 0.25) is 0 Å². The number of hydrogen-bond donors (Lipinski definition) is 0. The largest absolute Gasteiger partial charge is 0.460 e. The second-order valence-corrected chi connectivity index (χ2v) is 5.59. The van der Waals surface area contributed by atoms with Crippen molar-refractivity contribution in [2.24, 2.45) is 0 Å². The standard InChI is InChI=1S/C17H16N6O/c1-12-6-7-15(24-12)14-10-19-21-17(20-14)22(2)11-13-9-18-16-5-3-4-8-23(13)16/h3-10H,11H2,1-2H3. The predicted molar refractivity (Wildman–Crippen MR) is 89.6 cm³/mol. The van der Waals surface area contributed by atoms with Crippen molar-refractivity contribution >= 4 is 11.6 Å². The summed E-state index contributed by atoms with van der Waals surface area (Å²) in [5.41, 5.74) is 2.63. The van der Waals surface area contributed by atoms with E-state index < -0.39 is 0 Å². The van der Waals surface area contributed by atoms with Crippen LogP contribution in [0.1, 0.15) is 11.5 Å². The van der Waals surface area contributed by atoms with Crippen LogP contribution in [-0.2, 0) is 6.54 Å². The molecule has 4 heterocycles. The lowest BCUT2D eigenvalue weighted by Crippen LogP contribution is -2.20. The monoisotopic (exact) mass is 320 g/mol. The Kier molecular flexibility index (Phi) is 3.45. The van der Waals surface area contributed by atoms with E-state index in [4.69, 9.17) is 4.42 Å². The highest BCUT2D eigenvalue weighted by molar-refractivity contribution is 5.52. The van der Waals surface area contributed by atoms with Crippen molar-refractivity contribution in [1.29, 1.82) is 0 Å². The summed E-state index contributed by atoms with van der Waals surface area (Å²) in [5, 5.41) is 8.17. The fourth-order valence-electron chi connectivity index (χ4n) is 2.56. The van der Waals surface area contributed by atoms with Gasteiger partial charge in [-0.25, -0.2) is 9.97 Å². The Labute approximate surface area is 138 Å². The first-order valence-electron chi connectivity index (χ1n) is 7.59. The van der Waals surface area contributed by atoms with Gasteiger partial charge in [-0.3, -0.25) is 0 Å². The Morgan fingerprint density at radius 2 is 2.08 bits per heavy atom. The molecule has 24 heavy (non-hydrogen) atoms. The Balaban J connectivity index is 1.61. The van der Waals surface area contributed by atoms with E-state index in [1.54, 1.807) is 6.20 Å². The van der Waals surface area contributed by atoms with Crippen molar-refractivity contribution in [2.45, 2.75) is 13.5 Å². The van der Waals surface area contributed by atoms with Gasteiger partial charge in [0.25, 0.3) is 0 Å². The van der Waals surface area contributed by atoms with Gasteiger partial charge < -0.3 is 13.7 Å². The normalized spacial score (nSPS) is 11.1. The number of aryl methyl sites for hydroxylation is 1. The van der Waals surface area contributed by atoms with E-state index in [2.05, 4.69) is 20.2 Å². The molecule has 0 fully saturated rings. The van der Waals surface area contributed by atoms with Crippen LogP contribution < -0.4 is 4.90 Å².